The molecule has 0 aliphatic rings. The molecule has 4 nitrogen and oxygen atoms in total. The molecule has 0 amide bonds. The van der Waals surface area contributed by atoms with E-state index < -0.39 is 0 Å². The summed E-state index contributed by atoms with van der Waals surface area (Å²) in [6.07, 6.45) is 2.04. The zero-order valence-corrected chi connectivity index (χ0v) is 13.0. The van der Waals surface area contributed by atoms with Gasteiger partial charge in [-0.25, -0.2) is 0 Å². The second-order valence-corrected chi connectivity index (χ2v) is 5.61. The Kier molecular flexibility index (Phi) is 3.77. The van der Waals surface area contributed by atoms with Crippen molar-refractivity contribution in [2.75, 3.05) is 21.2 Å². The first-order chi connectivity index (χ1) is 10.6. The Hall–Kier alpha value is -2.46. The topological polar surface area (TPSA) is 48.5 Å². The Morgan fingerprint density at radius 1 is 1.09 bits per heavy atom. The van der Waals surface area contributed by atoms with E-state index >= 15 is 0 Å². The summed E-state index contributed by atoms with van der Waals surface area (Å²) >= 11 is 0. The van der Waals surface area contributed by atoms with Crippen molar-refractivity contribution in [3.05, 3.63) is 59.8 Å². The smallest absolute Gasteiger partial charge is 0.119 e. The Morgan fingerprint density at radius 2 is 1.82 bits per heavy atom. The minimum Gasteiger partial charge on any atom is -0.508 e. The first-order valence-corrected chi connectivity index (χ1v) is 7.20. The van der Waals surface area contributed by atoms with Crippen LogP contribution < -0.4 is 4.74 Å². The lowest BCUT2D eigenvalue weighted by molar-refractivity contribution is 0.343. The fraction of sp³-hybridized carbons (Fsp3) is 0.222. The van der Waals surface area contributed by atoms with Crippen molar-refractivity contribution in [1.82, 2.24) is 9.88 Å². The molecule has 0 spiro atoms. The highest BCUT2D eigenvalue weighted by Crippen LogP contribution is 2.34. The summed E-state index contributed by atoms with van der Waals surface area (Å²) in [7, 11) is 5.78. The molecule has 1 heterocycles. The molecular formula is C18H20N2O2. The number of nitrogens with zero attached hydrogens (tertiary/aromatic N) is 1. The van der Waals surface area contributed by atoms with E-state index in [1.54, 1.807) is 19.2 Å². The number of phenols is 1. The highest BCUT2D eigenvalue weighted by molar-refractivity contribution is 5.85. The summed E-state index contributed by atoms with van der Waals surface area (Å²) in [5.74, 6) is 1.12. The minimum absolute atomic E-state index is 0.0986. The van der Waals surface area contributed by atoms with Gasteiger partial charge in [0.15, 0.2) is 0 Å². The molecule has 114 valence electrons. The Balaban J connectivity index is 2.14. The van der Waals surface area contributed by atoms with Crippen LogP contribution in [0.3, 0.4) is 0 Å². The molecule has 0 radical (unpaired) electrons. The van der Waals surface area contributed by atoms with E-state index in [1.165, 1.54) is 5.56 Å². The maximum atomic E-state index is 9.51. The van der Waals surface area contributed by atoms with Gasteiger partial charge in [-0.3, -0.25) is 4.90 Å². The SMILES string of the molecule is COc1ccc2[nH]cc(C(c3ccc(O)cc3)N(C)C)c2c1. The average molecular weight is 296 g/mol. The molecule has 2 aromatic carbocycles. The molecule has 3 rings (SSSR count). The number of benzene rings is 2. The van der Waals surface area contributed by atoms with Gasteiger partial charge < -0.3 is 14.8 Å². The summed E-state index contributed by atoms with van der Waals surface area (Å²) < 4.78 is 5.35. The highest BCUT2D eigenvalue weighted by Gasteiger charge is 2.20. The van der Waals surface area contributed by atoms with E-state index in [-0.39, 0.29) is 11.8 Å². The third-order valence-corrected chi connectivity index (χ3v) is 3.94. The summed E-state index contributed by atoms with van der Waals surface area (Å²) in [5, 5.41) is 10.7. The third-order valence-electron chi connectivity index (χ3n) is 3.94. The lowest BCUT2D eigenvalue weighted by Gasteiger charge is -2.24. The molecule has 1 atom stereocenters. The molecule has 1 aromatic heterocycles. The zero-order valence-electron chi connectivity index (χ0n) is 13.0. The Morgan fingerprint density at radius 3 is 2.45 bits per heavy atom. The van der Waals surface area contributed by atoms with Crippen LogP contribution in [0.1, 0.15) is 17.2 Å². The highest BCUT2D eigenvalue weighted by atomic mass is 16.5. The molecule has 0 aliphatic heterocycles. The van der Waals surface area contributed by atoms with E-state index in [9.17, 15) is 5.11 Å². The maximum Gasteiger partial charge on any atom is 0.119 e. The van der Waals surface area contributed by atoms with Crippen molar-refractivity contribution in [2.24, 2.45) is 0 Å². The number of fused-ring (bicyclic) bond motifs is 1. The number of aromatic nitrogens is 1. The van der Waals surface area contributed by atoms with Gasteiger partial charge in [0, 0.05) is 17.1 Å². The van der Waals surface area contributed by atoms with Gasteiger partial charge in [0.25, 0.3) is 0 Å². The molecule has 0 saturated carbocycles. The predicted molar refractivity (Wildman–Crippen MR) is 88.5 cm³/mol. The predicted octanol–water partition coefficient (Wildman–Crippen LogP) is 3.53. The quantitative estimate of drug-likeness (QED) is 0.774. The van der Waals surface area contributed by atoms with E-state index in [4.69, 9.17) is 4.74 Å². The number of hydrogen-bond donors (Lipinski definition) is 2. The second-order valence-electron chi connectivity index (χ2n) is 5.61. The standard InChI is InChI=1S/C18H20N2O2/c1-20(2)18(12-4-6-13(21)7-5-12)16-11-19-17-9-8-14(22-3)10-15(16)17/h4-11,18-19,21H,1-3H3. The van der Waals surface area contributed by atoms with Gasteiger partial charge in [0.05, 0.1) is 13.2 Å². The molecule has 0 bridgehead atoms. The molecule has 2 N–H and O–H groups in total. The molecule has 1 unspecified atom stereocenters. The third kappa shape index (κ3) is 2.53. The maximum absolute atomic E-state index is 9.51. The lowest BCUT2D eigenvalue weighted by atomic mass is 9.97. The molecule has 0 saturated heterocycles. The number of nitrogens with one attached hydrogen (secondary N) is 1. The van der Waals surface area contributed by atoms with Crippen LogP contribution in [0, 0.1) is 0 Å². The summed E-state index contributed by atoms with van der Waals surface area (Å²) in [6.45, 7) is 0. The number of hydrogen-bond acceptors (Lipinski definition) is 3. The van der Waals surface area contributed by atoms with Gasteiger partial charge in [-0.1, -0.05) is 12.1 Å². The van der Waals surface area contributed by atoms with Crippen LogP contribution in [0.4, 0.5) is 0 Å². The number of rotatable bonds is 4. The van der Waals surface area contributed by atoms with Crippen molar-refractivity contribution in [3.63, 3.8) is 0 Å². The average Bonchev–Trinajstić information content (AvgIpc) is 2.92. The van der Waals surface area contributed by atoms with Crippen molar-refractivity contribution < 1.29 is 9.84 Å². The number of aromatic hydroxyl groups is 1. The van der Waals surface area contributed by atoms with Gasteiger partial charge in [-0.2, -0.15) is 0 Å². The summed E-state index contributed by atoms with van der Waals surface area (Å²) in [6, 6.07) is 13.5. The normalized spacial score (nSPS) is 12.7. The summed E-state index contributed by atoms with van der Waals surface area (Å²) in [4.78, 5) is 5.49. The van der Waals surface area contributed by atoms with Crippen molar-refractivity contribution in [1.29, 1.82) is 0 Å². The van der Waals surface area contributed by atoms with E-state index in [1.807, 2.05) is 30.5 Å². The number of ether oxygens (including phenoxy) is 1. The first kappa shape index (κ1) is 14.5. The zero-order chi connectivity index (χ0) is 15.7. The fourth-order valence-corrected chi connectivity index (χ4v) is 2.89. The fourth-order valence-electron chi connectivity index (χ4n) is 2.89. The van der Waals surface area contributed by atoms with Gasteiger partial charge in [0.2, 0.25) is 0 Å². The van der Waals surface area contributed by atoms with Gasteiger partial charge in [0.1, 0.15) is 11.5 Å². The van der Waals surface area contributed by atoms with Gasteiger partial charge in [-0.15, -0.1) is 0 Å². The van der Waals surface area contributed by atoms with Crippen LogP contribution in [0.5, 0.6) is 11.5 Å². The number of aromatic amines is 1. The lowest BCUT2D eigenvalue weighted by Crippen LogP contribution is -2.20. The van der Waals surface area contributed by atoms with Crippen molar-refractivity contribution >= 4 is 10.9 Å². The number of H-pyrrole nitrogens is 1. The molecule has 0 aliphatic carbocycles. The van der Waals surface area contributed by atoms with Crippen LogP contribution in [-0.2, 0) is 0 Å². The van der Waals surface area contributed by atoms with Crippen molar-refractivity contribution in [3.8, 4) is 11.5 Å². The van der Waals surface area contributed by atoms with Crippen molar-refractivity contribution in [2.45, 2.75) is 6.04 Å². The molecular weight excluding hydrogens is 276 g/mol. The monoisotopic (exact) mass is 296 g/mol. The number of methoxy groups -OCH3 is 1. The summed E-state index contributed by atoms with van der Waals surface area (Å²) in [5.41, 5.74) is 3.40. The molecule has 4 heteroatoms. The van der Waals surface area contributed by atoms with Crippen LogP contribution in [-0.4, -0.2) is 36.2 Å². The first-order valence-electron chi connectivity index (χ1n) is 7.20. The van der Waals surface area contributed by atoms with E-state index in [2.05, 4.69) is 30.0 Å². The van der Waals surface area contributed by atoms with Gasteiger partial charge >= 0.3 is 0 Å². The largest absolute Gasteiger partial charge is 0.508 e. The van der Waals surface area contributed by atoms with Gasteiger partial charge in [-0.05, 0) is 55.6 Å². The van der Waals surface area contributed by atoms with Crippen LogP contribution in [0.15, 0.2) is 48.7 Å². The minimum atomic E-state index is 0.0986. The molecule has 0 fully saturated rings. The molecule has 3 aromatic rings. The van der Waals surface area contributed by atoms with E-state index in [0.29, 0.717) is 0 Å². The Labute approximate surface area is 130 Å². The Bertz CT molecular complexity index is 775. The van der Waals surface area contributed by atoms with Crippen LogP contribution in [0.25, 0.3) is 10.9 Å². The van der Waals surface area contributed by atoms with E-state index in [0.717, 1.165) is 22.2 Å². The molecule has 22 heavy (non-hydrogen) atoms. The van der Waals surface area contributed by atoms with Crippen LogP contribution in [0.2, 0.25) is 0 Å². The number of phenolic OH excluding ortho intramolecular Hbond substituents is 1. The second kappa shape index (κ2) is 5.73. The van der Waals surface area contributed by atoms with Crippen LogP contribution >= 0.6 is 0 Å².